The third-order valence-electron chi connectivity index (χ3n) is 2.85. The molecule has 0 saturated heterocycles. The molecule has 1 aromatic carbocycles. The summed E-state index contributed by atoms with van der Waals surface area (Å²) in [6.45, 7) is 7.87. The van der Waals surface area contributed by atoms with Crippen LogP contribution in [0.2, 0.25) is 0 Å². The van der Waals surface area contributed by atoms with Gasteiger partial charge in [-0.3, -0.25) is 14.5 Å². The first-order chi connectivity index (χ1) is 9.56. The van der Waals surface area contributed by atoms with Crippen molar-refractivity contribution in [1.29, 1.82) is 0 Å². The van der Waals surface area contributed by atoms with Gasteiger partial charge in [0, 0.05) is 11.8 Å². The average molecular weight is 287 g/mol. The van der Waals surface area contributed by atoms with Crippen molar-refractivity contribution in [2.45, 2.75) is 19.1 Å². The fraction of sp³-hybridized carbons (Fsp3) is 0.250. The van der Waals surface area contributed by atoms with Crippen molar-refractivity contribution in [1.82, 2.24) is 4.90 Å². The molecule has 0 radical (unpaired) electrons. The highest BCUT2D eigenvalue weighted by atomic mass is 32.2. The molecule has 1 heterocycles. The first kappa shape index (κ1) is 14.6. The van der Waals surface area contributed by atoms with Crippen molar-refractivity contribution in [2.75, 3.05) is 6.54 Å². The fourth-order valence-corrected chi connectivity index (χ4v) is 3.06. The van der Waals surface area contributed by atoms with Gasteiger partial charge in [0.2, 0.25) is 0 Å². The molecule has 0 bridgehead atoms. The molecular weight excluding hydrogens is 270 g/mol. The number of amides is 2. The molecule has 2 amide bonds. The zero-order valence-corrected chi connectivity index (χ0v) is 12.4. The zero-order valence-electron chi connectivity index (χ0n) is 11.6. The van der Waals surface area contributed by atoms with Gasteiger partial charge < -0.3 is 0 Å². The van der Waals surface area contributed by atoms with Gasteiger partial charge in [0.25, 0.3) is 11.8 Å². The third-order valence-corrected chi connectivity index (χ3v) is 3.94. The summed E-state index contributed by atoms with van der Waals surface area (Å²) < 4.78 is 0. The van der Waals surface area contributed by atoms with Crippen LogP contribution >= 0.6 is 11.8 Å². The average Bonchev–Trinajstić information content (AvgIpc) is 2.64. The van der Waals surface area contributed by atoms with E-state index in [-0.39, 0.29) is 23.6 Å². The van der Waals surface area contributed by atoms with E-state index in [0.717, 1.165) is 5.56 Å². The number of hydrogen-bond donors (Lipinski definition) is 0. The van der Waals surface area contributed by atoms with Gasteiger partial charge >= 0.3 is 0 Å². The first-order valence-corrected chi connectivity index (χ1v) is 7.37. The second kappa shape index (κ2) is 6.09. The van der Waals surface area contributed by atoms with Gasteiger partial charge in [0.1, 0.15) is 0 Å². The van der Waals surface area contributed by atoms with Crippen LogP contribution in [0, 0.1) is 0 Å². The lowest BCUT2D eigenvalue weighted by Crippen LogP contribution is -2.31. The van der Waals surface area contributed by atoms with Gasteiger partial charge in [-0.2, -0.15) is 0 Å². The summed E-state index contributed by atoms with van der Waals surface area (Å²) in [5.41, 5.74) is 1.30. The molecule has 0 spiro atoms. The molecule has 3 nitrogen and oxygen atoms in total. The Kier molecular flexibility index (Phi) is 4.45. The van der Waals surface area contributed by atoms with Crippen LogP contribution in [0.1, 0.15) is 19.4 Å². The van der Waals surface area contributed by atoms with E-state index in [1.807, 2.05) is 44.2 Å². The summed E-state index contributed by atoms with van der Waals surface area (Å²) in [5, 5.41) is 0.240. The minimum Gasteiger partial charge on any atom is -0.270 e. The highest BCUT2D eigenvalue weighted by molar-refractivity contribution is 8.04. The molecule has 0 aromatic heterocycles. The van der Waals surface area contributed by atoms with Crippen LogP contribution in [0.5, 0.6) is 0 Å². The number of carbonyl (C=O) groups is 2. The molecule has 20 heavy (non-hydrogen) atoms. The number of thioether (sulfide) groups is 1. The number of hydrogen-bond acceptors (Lipinski definition) is 3. The summed E-state index contributed by atoms with van der Waals surface area (Å²) in [6.07, 6.45) is 1.57. The Morgan fingerprint density at radius 3 is 2.40 bits per heavy atom. The molecule has 1 aliphatic heterocycles. The Balaban J connectivity index is 2.50. The Morgan fingerprint density at radius 1 is 1.20 bits per heavy atom. The minimum atomic E-state index is -0.232. The van der Waals surface area contributed by atoms with Crippen molar-refractivity contribution in [3.8, 4) is 0 Å². The predicted molar refractivity (Wildman–Crippen MR) is 83.0 cm³/mol. The summed E-state index contributed by atoms with van der Waals surface area (Å²) in [7, 11) is 0. The summed E-state index contributed by atoms with van der Waals surface area (Å²) in [6, 6.07) is 9.35. The Hall–Kier alpha value is -1.81. The van der Waals surface area contributed by atoms with E-state index in [2.05, 4.69) is 6.58 Å². The maximum atomic E-state index is 12.5. The van der Waals surface area contributed by atoms with Gasteiger partial charge in [0.15, 0.2) is 0 Å². The predicted octanol–water partition coefficient (Wildman–Crippen LogP) is 3.09. The SMILES string of the molecule is C=CCN1C(=O)C(SC(C)C)=C(c2ccccc2)C1=O. The molecule has 0 unspecified atom stereocenters. The third kappa shape index (κ3) is 2.70. The van der Waals surface area contributed by atoms with Gasteiger partial charge in [-0.05, 0) is 5.56 Å². The van der Waals surface area contributed by atoms with Crippen molar-refractivity contribution in [2.24, 2.45) is 0 Å². The van der Waals surface area contributed by atoms with Crippen LogP contribution in [0.3, 0.4) is 0 Å². The van der Waals surface area contributed by atoms with Crippen molar-refractivity contribution in [3.05, 3.63) is 53.5 Å². The molecule has 0 aliphatic carbocycles. The van der Waals surface area contributed by atoms with Crippen LogP contribution in [-0.4, -0.2) is 28.5 Å². The topological polar surface area (TPSA) is 37.4 Å². The van der Waals surface area contributed by atoms with Crippen LogP contribution in [0.4, 0.5) is 0 Å². The minimum absolute atomic E-state index is 0.215. The van der Waals surface area contributed by atoms with Crippen molar-refractivity contribution < 1.29 is 9.59 Å². The summed E-state index contributed by atoms with van der Waals surface area (Å²) in [4.78, 5) is 26.7. The van der Waals surface area contributed by atoms with E-state index < -0.39 is 0 Å². The molecule has 0 fully saturated rings. The van der Waals surface area contributed by atoms with Crippen LogP contribution in [-0.2, 0) is 9.59 Å². The maximum absolute atomic E-state index is 12.5. The summed E-state index contributed by atoms with van der Waals surface area (Å²) >= 11 is 1.44. The van der Waals surface area contributed by atoms with Crippen molar-refractivity contribution >= 4 is 29.1 Å². The number of carbonyl (C=O) groups excluding carboxylic acids is 2. The molecule has 4 heteroatoms. The molecule has 1 aliphatic rings. The molecule has 104 valence electrons. The lowest BCUT2D eigenvalue weighted by molar-refractivity contribution is -0.135. The van der Waals surface area contributed by atoms with Gasteiger partial charge in [-0.25, -0.2) is 0 Å². The largest absolute Gasteiger partial charge is 0.270 e. The normalized spacial score (nSPS) is 15.4. The maximum Gasteiger partial charge on any atom is 0.268 e. The highest BCUT2D eigenvalue weighted by Crippen LogP contribution is 2.37. The van der Waals surface area contributed by atoms with Crippen LogP contribution < -0.4 is 0 Å². The van der Waals surface area contributed by atoms with Gasteiger partial charge in [0.05, 0.1) is 10.5 Å². The van der Waals surface area contributed by atoms with E-state index in [4.69, 9.17) is 0 Å². The number of benzene rings is 1. The Labute approximate surface area is 123 Å². The van der Waals surface area contributed by atoms with Gasteiger partial charge in [-0.15, -0.1) is 18.3 Å². The quantitative estimate of drug-likeness (QED) is 0.617. The fourth-order valence-electron chi connectivity index (χ4n) is 2.05. The second-order valence-electron chi connectivity index (χ2n) is 4.75. The summed E-state index contributed by atoms with van der Waals surface area (Å²) in [5.74, 6) is -0.447. The second-order valence-corrected chi connectivity index (χ2v) is 6.33. The Morgan fingerprint density at radius 2 is 1.85 bits per heavy atom. The Bertz CT molecular complexity index is 575. The lowest BCUT2D eigenvalue weighted by atomic mass is 10.1. The van der Waals surface area contributed by atoms with E-state index in [1.54, 1.807) is 6.08 Å². The molecule has 1 aromatic rings. The smallest absolute Gasteiger partial charge is 0.268 e. The molecule has 0 N–H and O–H groups in total. The number of rotatable bonds is 5. The van der Waals surface area contributed by atoms with Crippen molar-refractivity contribution in [3.63, 3.8) is 0 Å². The highest BCUT2D eigenvalue weighted by Gasteiger charge is 2.38. The lowest BCUT2D eigenvalue weighted by Gasteiger charge is -2.12. The van der Waals surface area contributed by atoms with Crippen LogP contribution in [0.15, 0.2) is 47.9 Å². The van der Waals surface area contributed by atoms with E-state index >= 15 is 0 Å². The monoisotopic (exact) mass is 287 g/mol. The van der Waals surface area contributed by atoms with E-state index in [9.17, 15) is 9.59 Å². The number of imide groups is 1. The van der Waals surface area contributed by atoms with Crippen LogP contribution in [0.25, 0.3) is 5.57 Å². The number of nitrogens with zero attached hydrogens (tertiary/aromatic N) is 1. The molecular formula is C16H17NO2S. The van der Waals surface area contributed by atoms with Gasteiger partial charge in [-0.1, -0.05) is 50.3 Å². The molecule has 0 saturated carbocycles. The first-order valence-electron chi connectivity index (χ1n) is 6.49. The van der Waals surface area contributed by atoms with E-state index in [0.29, 0.717) is 10.5 Å². The zero-order chi connectivity index (χ0) is 14.7. The molecule has 2 rings (SSSR count). The molecule has 0 atom stereocenters. The van der Waals surface area contributed by atoms with E-state index in [1.165, 1.54) is 16.7 Å². The standard InChI is InChI=1S/C16H17NO2S/c1-4-10-17-15(18)13(12-8-6-5-7-9-12)14(16(17)19)20-11(2)3/h4-9,11H,1,10H2,2-3H3.